The Hall–Kier alpha value is -3.15. The van der Waals surface area contributed by atoms with Crippen molar-refractivity contribution in [3.05, 3.63) is 65.7 Å². The number of para-hydroxylation sites is 1. The van der Waals surface area contributed by atoms with Crippen LogP contribution in [-0.2, 0) is 0 Å². The van der Waals surface area contributed by atoms with Gasteiger partial charge in [-0.1, -0.05) is 32.0 Å². The smallest absolute Gasteiger partial charge is 0.257 e. The fourth-order valence-electron chi connectivity index (χ4n) is 3.52. The minimum Gasteiger partial charge on any atom is -0.472 e. The van der Waals surface area contributed by atoms with Crippen LogP contribution in [0.25, 0.3) is 10.9 Å². The second-order valence-electron chi connectivity index (χ2n) is 7.36. The average Bonchev–Trinajstić information content (AvgIpc) is 3.27. The molecule has 1 aromatic carbocycles. The van der Waals surface area contributed by atoms with Crippen LogP contribution in [0.2, 0.25) is 0 Å². The Labute approximate surface area is 163 Å². The Bertz CT molecular complexity index is 1000. The third-order valence-electron chi connectivity index (χ3n) is 5.18. The second kappa shape index (κ2) is 7.46. The van der Waals surface area contributed by atoms with E-state index in [0.717, 1.165) is 16.6 Å². The van der Waals surface area contributed by atoms with E-state index in [1.807, 2.05) is 35.2 Å². The molecule has 0 bridgehead atoms. The highest BCUT2D eigenvalue weighted by atomic mass is 16.3. The number of aromatic nitrogens is 1. The number of hydrogen-bond acceptors (Lipinski definition) is 4. The molecule has 0 radical (unpaired) electrons. The molecule has 1 aliphatic rings. The quantitative estimate of drug-likeness (QED) is 0.700. The fraction of sp³-hybridized carbons (Fsp3) is 0.318. The van der Waals surface area contributed by atoms with Crippen molar-refractivity contribution < 1.29 is 14.0 Å². The van der Waals surface area contributed by atoms with Gasteiger partial charge in [-0.05, 0) is 24.1 Å². The van der Waals surface area contributed by atoms with Gasteiger partial charge in [-0.3, -0.25) is 14.6 Å². The van der Waals surface area contributed by atoms with Crippen molar-refractivity contribution in [1.82, 2.24) is 14.8 Å². The van der Waals surface area contributed by atoms with Crippen LogP contribution in [-0.4, -0.2) is 52.8 Å². The number of benzene rings is 1. The van der Waals surface area contributed by atoms with E-state index in [2.05, 4.69) is 13.8 Å². The van der Waals surface area contributed by atoms with Gasteiger partial charge in [0, 0.05) is 37.3 Å². The van der Waals surface area contributed by atoms with Crippen LogP contribution in [0.1, 0.15) is 46.2 Å². The summed E-state index contributed by atoms with van der Waals surface area (Å²) in [5.41, 5.74) is 2.98. The van der Waals surface area contributed by atoms with Gasteiger partial charge in [-0.15, -0.1) is 0 Å². The van der Waals surface area contributed by atoms with Crippen molar-refractivity contribution in [3.63, 3.8) is 0 Å². The number of carbonyl (C=O) groups excluding carboxylic acids is 2. The third-order valence-corrected chi connectivity index (χ3v) is 5.18. The molecule has 3 aromatic rings. The monoisotopic (exact) mass is 377 g/mol. The molecular formula is C22H23N3O3. The largest absolute Gasteiger partial charge is 0.472 e. The number of carbonyl (C=O) groups is 2. The summed E-state index contributed by atoms with van der Waals surface area (Å²) in [6.07, 6.45) is 2.95. The summed E-state index contributed by atoms with van der Waals surface area (Å²) in [4.78, 5) is 34.0. The number of hydrogen-bond donors (Lipinski definition) is 0. The highest BCUT2D eigenvalue weighted by molar-refractivity contribution is 6.06. The van der Waals surface area contributed by atoms with Crippen LogP contribution in [0.5, 0.6) is 0 Å². The predicted octanol–water partition coefficient (Wildman–Crippen LogP) is 3.55. The summed E-state index contributed by atoms with van der Waals surface area (Å²) in [6, 6.07) is 11.3. The van der Waals surface area contributed by atoms with Gasteiger partial charge in [0.2, 0.25) is 0 Å². The van der Waals surface area contributed by atoms with Gasteiger partial charge in [-0.2, -0.15) is 0 Å². The first kappa shape index (κ1) is 18.2. The molecule has 6 nitrogen and oxygen atoms in total. The van der Waals surface area contributed by atoms with Crippen LogP contribution < -0.4 is 0 Å². The highest BCUT2D eigenvalue weighted by Crippen LogP contribution is 2.24. The summed E-state index contributed by atoms with van der Waals surface area (Å²) < 4.78 is 5.00. The van der Waals surface area contributed by atoms with Crippen molar-refractivity contribution in [3.8, 4) is 0 Å². The van der Waals surface area contributed by atoms with E-state index >= 15 is 0 Å². The van der Waals surface area contributed by atoms with Crippen molar-refractivity contribution in [2.75, 3.05) is 26.2 Å². The number of nitrogens with zero attached hydrogens (tertiary/aromatic N) is 3. The maximum atomic E-state index is 13.3. The molecule has 6 heteroatoms. The SMILES string of the molecule is CC(C)c1cc(C(=O)N2CCN(C(=O)c3ccoc3)CC2)c2ccccc2n1. The van der Waals surface area contributed by atoms with E-state index in [0.29, 0.717) is 37.3 Å². The third kappa shape index (κ3) is 3.38. The zero-order valence-electron chi connectivity index (χ0n) is 16.1. The predicted molar refractivity (Wildman–Crippen MR) is 106 cm³/mol. The molecule has 0 unspecified atom stereocenters. The molecule has 144 valence electrons. The minimum absolute atomic E-state index is 0.00379. The van der Waals surface area contributed by atoms with Crippen LogP contribution in [0.15, 0.2) is 53.3 Å². The van der Waals surface area contributed by atoms with Crippen LogP contribution >= 0.6 is 0 Å². The summed E-state index contributed by atoms with van der Waals surface area (Å²) in [5.74, 6) is 0.175. The fourth-order valence-corrected chi connectivity index (χ4v) is 3.52. The lowest BCUT2D eigenvalue weighted by molar-refractivity contribution is 0.0536. The van der Waals surface area contributed by atoms with Crippen molar-refractivity contribution in [1.29, 1.82) is 0 Å². The van der Waals surface area contributed by atoms with Crippen molar-refractivity contribution >= 4 is 22.7 Å². The molecule has 0 spiro atoms. The molecule has 2 aromatic heterocycles. The molecule has 1 fully saturated rings. The highest BCUT2D eigenvalue weighted by Gasteiger charge is 2.27. The normalized spacial score (nSPS) is 14.7. The lowest BCUT2D eigenvalue weighted by atomic mass is 10.0. The maximum Gasteiger partial charge on any atom is 0.257 e. The Kier molecular flexibility index (Phi) is 4.86. The van der Waals surface area contributed by atoms with Crippen LogP contribution in [0.4, 0.5) is 0 Å². The number of piperazine rings is 1. The van der Waals surface area contributed by atoms with Gasteiger partial charge in [0.25, 0.3) is 11.8 Å². The van der Waals surface area contributed by atoms with Gasteiger partial charge in [0.1, 0.15) is 6.26 Å². The van der Waals surface area contributed by atoms with Gasteiger partial charge in [-0.25, -0.2) is 0 Å². The van der Waals surface area contributed by atoms with E-state index in [1.165, 1.54) is 12.5 Å². The van der Waals surface area contributed by atoms with Crippen molar-refractivity contribution in [2.45, 2.75) is 19.8 Å². The topological polar surface area (TPSA) is 66.7 Å². The lowest BCUT2D eigenvalue weighted by Gasteiger charge is -2.34. The number of amides is 2. The molecule has 1 aliphatic heterocycles. The number of rotatable bonds is 3. The van der Waals surface area contributed by atoms with E-state index < -0.39 is 0 Å². The average molecular weight is 377 g/mol. The van der Waals surface area contributed by atoms with Gasteiger partial charge >= 0.3 is 0 Å². The molecule has 1 saturated heterocycles. The molecule has 3 heterocycles. The summed E-state index contributed by atoms with van der Waals surface area (Å²) in [7, 11) is 0. The zero-order valence-corrected chi connectivity index (χ0v) is 16.1. The first-order valence-electron chi connectivity index (χ1n) is 9.55. The Balaban J connectivity index is 1.55. The van der Waals surface area contributed by atoms with E-state index in [4.69, 9.17) is 9.40 Å². The number of pyridine rings is 1. The molecule has 0 atom stereocenters. The van der Waals surface area contributed by atoms with Crippen LogP contribution in [0.3, 0.4) is 0 Å². The minimum atomic E-state index is -0.0581. The number of furan rings is 1. The second-order valence-corrected chi connectivity index (χ2v) is 7.36. The van der Waals surface area contributed by atoms with E-state index in [1.54, 1.807) is 11.0 Å². The molecule has 28 heavy (non-hydrogen) atoms. The molecule has 0 saturated carbocycles. The molecule has 4 rings (SSSR count). The summed E-state index contributed by atoms with van der Waals surface area (Å²) in [5, 5.41) is 0.869. The molecule has 2 amide bonds. The van der Waals surface area contributed by atoms with Crippen LogP contribution in [0, 0.1) is 0 Å². The summed E-state index contributed by atoms with van der Waals surface area (Å²) >= 11 is 0. The molecule has 0 aliphatic carbocycles. The van der Waals surface area contributed by atoms with Crippen molar-refractivity contribution in [2.24, 2.45) is 0 Å². The number of fused-ring (bicyclic) bond motifs is 1. The van der Waals surface area contributed by atoms with Gasteiger partial charge < -0.3 is 14.2 Å². The Morgan fingerprint density at radius 1 is 1.00 bits per heavy atom. The van der Waals surface area contributed by atoms with E-state index in [9.17, 15) is 9.59 Å². The Morgan fingerprint density at radius 3 is 2.32 bits per heavy atom. The maximum absolute atomic E-state index is 13.3. The summed E-state index contributed by atoms with van der Waals surface area (Å²) in [6.45, 7) is 6.19. The zero-order chi connectivity index (χ0) is 19.7. The molecule has 0 N–H and O–H groups in total. The first-order valence-corrected chi connectivity index (χ1v) is 9.55. The lowest BCUT2D eigenvalue weighted by Crippen LogP contribution is -2.50. The van der Waals surface area contributed by atoms with Gasteiger partial charge in [0.05, 0.1) is 22.9 Å². The molecular weight excluding hydrogens is 354 g/mol. The van der Waals surface area contributed by atoms with Gasteiger partial charge in [0.15, 0.2) is 0 Å². The van der Waals surface area contributed by atoms with E-state index in [-0.39, 0.29) is 17.7 Å². The Morgan fingerprint density at radius 2 is 1.68 bits per heavy atom. The first-order chi connectivity index (χ1) is 13.5. The standard InChI is InChI=1S/C22H23N3O3/c1-15(2)20-13-18(17-5-3-4-6-19(17)23-20)22(27)25-10-8-24(9-11-25)21(26)16-7-12-28-14-16/h3-7,12-15H,8-11H2,1-2H3.